The van der Waals surface area contributed by atoms with Crippen LogP contribution in [0.2, 0.25) is 0 Å². The van der Waals surface area contributed by atoms with E-state index in [0.29, 0.717) is 17.0 Å². The molecule has 2 heterocycles. The van der Waals surface area contributed by atoms with E-state index < -0.39 is 11.6 Å². The Morgan fingerprint density at radius 2 is 1.60 bits per heavy atom. The molecule has 0 aliphatic carbocycles. The Labute approximate surface area is 114 Å². The summed E-state index contributed by atoms with van der Waals surface area (Å²) < 4.78 is 27.0. The van der Waals surface area contributed by atoms with Crippen LogP contribution in [0.15, 0.2) is 60.9 Å². The first-order valence-corrected chi connectivity index (χ1v) is 6.07. The summed E-state index contributed by atoms with van der Waals surface area (Å²) in [6, 6.07) is 12.2. The second-order valence-electron chi connectivity index (χ2n) is 4.27. The fourth-order valence-electron chi connectivity index (χ4n) is 1.97. The van der Waals surface area contributed by atoms with E-state index in [-0.39, 0.29) is 5.56 Å². The molecule has 0 N–H and O–H groups in total. The van der Waals surface area contributed by atoms with Crippen LogP contribution >= 0.6 is 0 Å². The van der Waals surface area contributed by atoms with Gasteiger partial charge in [0, 0.05) is 18.0 Å². The van der Waals surface area contributed by atoms with Gasteiger partial charge in [-0.25, -0.2) is 8.78 Å². The Morgan fingerprint density at radius 1 is 0.750 bits per heavy atom. The smallest absolute Gasteiger partial charge is 0.131 e. The Hall–Kier alpha value is -2.62. The van der Waals surface area contributed by atoms with Gasteiger partial charge in [0.25, 0.3) is 0 Å². The number of hydrogen-bond acceptors (Lipinski definition) is 2. The SMILES string of the molecule is Fc1ccc(F)c(-c2ccnc(-c3ccccn3)c2)c1. The summed E-state index contributed by atoms with van der Waals surface area (Å²) in [4.78, 5) is 8.40. The van der Waals surface area contributed by atoms with Gasteiger partial charge in [-0.1, -0.05) is 6.07 Å². The van der Waals surface area contributed by atoms with Gasteiger partial charge in [0.2, 0.25) is 0 Å². The fraction of sp³-hybridized carbons (Fsp3) is 0. The van der Waals surface area contributed by atoms with Gasteiger partial charge in [0.1, 0.15) is 11.6 Å². The lowest BCUT2D eigenvalue weighted by Gasteiger charge is -2.06. The molecule has 0 bridgehead atoms. The summed E-state index contributed by atoms with van der Waals surface area (Å²) >= 11 is 0. The maximum absolute atomic E-state index is 13.8. The summed E-state index contributed by atoms with van der Waals surface area (Å²) in [7, 11) is 0. The van der Waals surface area contributed by atoms with Crippen molar-refractivity contribution in [3.05, 3.63) is 72.6 Å². The van der Waals surface area contributed by atoms with Crippen molar-refractivity contribution in [2.45, 2.75) is 0 Å². The number of halogens is 2. The number of pyridine rings is 2. The molecular formula is C16H10F2N2. The molecule has 2 aromatic heterocycles. The minimum absolute atomic E-state index is 0.213. The molecule has 3 aromatic rings. The van der Waals surface area contributed by atoms with Crippen LogP contribution in [0.5, 0.6) is 0 Å². The standard InChI is InChI=1S/C16H10F2N2/c17-12-4-5-14(18)13(10-12)11-6-8-20-16(9-11)15-3-1-2-7-19-15/h1-10H. The Kier molecular flexibility index (Phi) is 3.21. The molecule has 0 spiro atoms. The Bertz CT molecular complexity index is 742. The van der Waals surface area contributed by atoms with Crippen LogP contribution in [0.4, 0.5) is 8.78 Å². The second kappa shape index (κ2) is 5.17. The van der Waals surface area contributed by atoms with E-state index in [0.717, 1.165) is 12.1 Å². The van der Waals surface area contributed by atoms with Gasteiger partial charge >= 0.3 is 0 Å². The van der Waals surface area contributed by atoms with Crippen LogP contribution in [0, 0.1) is 11.6 Å². The fourth-order valence-corrected chi connectivity index (χ4v) is 1.97. The molecule has 2 nitrogen and oxygen atoms in total. The first kappa shape index (κ1) is 12.4. The van der Waals surface area contributed by atoms with Gasteiger partial charge in [-0.2, -0.15) is 0 Å². The summed E-state index contributed by atoms with van der Waals surface area (Å²) in [6.07, 6.45) is 3.22. The highest BCUT2D eigenvalue weighted by atomic mass is 19.1. The van der Waals surface area contributed by atoms with E-state index >= 15 is 0 Å². The summed E-state index contributed by atoms with van der Waals surface area (Å²) in [5.41, 5.74) is 2.08. The van der Waals surface area contributed by atoms with Gasteiger partial charge in [-0.3, -0.25) is 9.97 Å². The van der Waals surface area contributed by atoms with E-state index in [1.165, 1.54) is 6.07 Å². The molecule has 98 valence electrons. The Balaban J connectivity index is 2.10. The van der Waals surface area contributed by atoms with E-state index in [4.69, 9.17) is 0 Å². The number of nitrogens with zero attached hydrogens (tertiary/aromatic N) is 2. The minimum atomic E-state index is -0.474. The number of hydrogen-bond donors (Lipinski definition) is 0. The van der Waals surface area contributed by atoms with Crippen molar-refractivity contribution in [1.29, 1.82) is 0 Å². The van der Waals surface area contributed by atoms with Crippen LogP contribution in [-0.2, 0) is 0 Å². The Morgan fingerprint density at radius 3 is 2.40 bits per heavy atom. The molecule has 0 fully saturated rings. The highest BCUT2D eigenvalue weighted by Gasteiger charge is 2.08. The van der Waals surface area contributed by atoms with Crippen LogP contribution in [0.1, 0.15) is 0 Å². The zero-order chi connectivity index (χ0) is 13.9. The second-order valence-corrected chi connectivity index (χ2v) is 4.27. The molecule has 4 heteroatoms. The molecule has 0 saturated heterocycles. The zero-order valence-corrected chi connectivity index (χ0v) is 10.4. The number of aromatic nitrogens is 2. The van der Waals surface area contributed by atoms with Crippen molar-refractivity contribution in [2.24, 2.45) is 0 Å². The largest absolute Gasteiger partial charge is 0.255 e. The van der Waals surface area contributed by atoms with Crippen LogP contribution in [-0.4, -0.2) is 9.97 Å². The number of benzene rings is 1. The molecule has 0 amide bonds. The van der Waals surface area contributed by atoms with Crippen molar-refractivity contribution in [2.75, 3.05) is 0 Å². The topological polar surface area (TPSA) is 25.8 Å². The summed E-state index contributed by atoms with van der Waals surface area (Å²) in [6.45, 7) is 0. The molecular weight excluding hydrogens is 258 g/mol. The lowest BCUT2D eigenvalue weighted by atomic mass is 10.0. The van der Waals surface area contributed by atoms with Crippen molar-refractivity contribution >= 4 is 0 Å². The highest BCUT2D eigenvalue weighted by Crippen LogP contribution is 2.26. The molecule has 0 saturated carbocycles. The number of rotatable bonds is 2. The zero-order valence-electron chi connectivity index (χ0n) is 10.4. The first-order valence-electron chi connectivity index (χ1n) is 6.07. The quantitative estimate of drug-likeness (QED) is 0.699. The molecule has 0 atom stereocenters. The molecule has 3 rings (SSSR count). The monoisotopic (exact) mass is 268 g/mol. The lowest BCUT2D eigenvalue weighted by molar-refractivity contribution is 0.603. The van der Waals surface area contributed by atoms with Gasteiger partial charge in [0.15, 0.2) is 0 Å². The van der Waals surface area contributed by atoms with Crippen molar-refractivity contribution in [3.63, 3.8) is 0 Å². The van der Waals surface area contributed by atoms with Crippen LogP contribution in [0.3, 0.4) is 0 Å². The molecule has 0 aliphatic rings. The third kappa shape index (κ3) is 2.40. The molecule has 20 heavy (non-hydrogen) atoms. The maximum atomic E-state index is 13.8. The van der Waals surface area contributed by atoms with Crippen LogP contribution in [0.25, 0.3) is 22.5 Å². The molecule has 1 aromatic carbocycles. The first-order chi connectivity index (χ1) is 9.74. The molecule has 0 radical (unpaired) electrons. The third-order valence-corrected chi connectivity index (χ3v) is 2.93. The lowest BCUT2D eigenvalue weighted by Crippen LogP contribution is -1.90. The van der Waals surface area contributed by atoms with E-state index in [1.54, 1.807) is 30.6 Å². The third-order valence-electron chi connectivity index (χ3n) is 2.93. The summed E-state index contributed by atoms with van der Waals surface area (Å²) in [5.74, 6) is -0.942. The van der Waals surface area contributed by atoms with Crippen LogP contribution < -0.4 is 0 Å². The molecule has 0 unspecified atom stereocenters. The van der Waals surface area contributed by atoms with E-state index in [9.17, 15) is 8.78 Å². The highest BCUT2D eigenvalue weighted by molar-refractivity contribution is 5.69. The van der Waals surface area contributed by atoms with Gasteiger partial charge in [-0.05, 0) is 48.0 Å². The van der Waals surface area contributed by atoms with Gasteiger partial charge in [-0.15, -0.1) is 0 Å². The summed E-state index contributed by atoms with van der Waals surface area (Å²) in [5, 5.41) is 0. The maximum Gasteiger partial charge on any atom is 0.131 e. The molecule has 0 aliphatic heterocycles. The van der Waals surface area contributed by atoms with E-state index in [1.807, 2.05) is 12.1 Å². The predicted octanol–water partition coefficient (Wildman–Crippen LogP) is 4.09. The van der Waals surface area contributed by atoms with Gasteiger partial charge in [0.05, 0.1) is 11.4 Å². The van der Waals surface area contributed by atoms with Gasteiger partial charge < -0.3 is 0 Å². The van der Waals surface area contributed by atoms with Crippen molar-refractivity contribution < 1.29 is 8.78 Å². The predicted molar refractivity (Wildman–Crippen MR) is 72.8 cm³/mol. The minimum Gasteiger partial charge on any atom is -0.255 e. The van der Waals surface area contributed by atoms with Crippen molar-refractivity contribution in [3.8, 4) is 22.5 Å². The van der Waals surface area contributed by atoms with E-state index in [2.05, 4.69) is 9.97 Å². The normalized spacial score (nSPS) is 10.5. The average molecular weight is 268 g/mol. The average Bonchev–Trinajstić information content (AvgIpc) is 2.51. The van der Waals surface area contributed by atoms with Crippen molar-refractivity contribution in [1.82, 2.24) is 9.97 Å².